The van der Waals surface area contributed by atoms with Crippen molar-refractivity contribution in [3.8, 4) is 5.75 Å². The molecule has 1 aliphatic rings. The van der Waals surface area contributed by atoms with Gasteiger partial charge in [0.05, 0.1) is 19.0 Å². The predicted octanol–water partition coefficient (Wildman–Crippen LogP) is 8.20. The highest BCUT2D eigenvalue weighted by Crippen LogP contribution is 2.49. The summed E-state index contributed by atoms with van der Waals surface area (Å²) in [5.41, 5.74) is 4.78. The van der Waals surface area contributed by atoms with E-state index in [9.17, 15) is 4.79 Å². The number of hydrogen-bond donors (Lipinski definition) is 0. The summed E-state index contributed by atoms with van der Waals surface area (Å²) < 4.78 is 13.7. The van der Waals surface area contributed by atoms with Gasteiger partial charge in [0.15, 0.2) is 0 Å². The molecule has 0 fully saturated rings. The Kier molecular flexibility index (Phi) is 7.31. The van der Waals surface area contributed by atoms with E-state index >= 15 is 0 Å². The predicted molar refractivity (Wildman–Crippen MR) is 146 cm³/mol. The van der Waals surface area contributed by atoms with Gasteiger partial charge in [-0.15, -0.1) is 0 Å². The number of ether oxygens (including phenoxy) is 2. The number of methoxy groups -OCH3 is 1. The minimum Gasteiger partial charge on any atom is -0.489 e. The van der Waals surface area contributed by atoms with Crippen molar-refractivity contribution >= 4 is 40.2 Å². The molecule has 0 amide bonds. The van der Waals surface area contributed by atoms with Crippen molar-refractivity contribution in [2.24, 2.45) is 0 Å². The molecule has 2 heterocycles. The summed E-state index contributed by atoms with van der Waals surface area (Å²) in [7, 11) is 1.46. The second-order valence-electron chi connectivity index (χ2n) is 9.52. The second-order valence-corrected chi connectivity index (χ2v) is 11.0. The summed E-state index contributed by atoms with van der Waals surface area (Å²) in [6.07, 6.45) is 1.30. The third kappa shape index (κ3) is 5.00. The van der Waals surface area contributed by atoms with Crippen molar-refractivity contribution in [1.29, 1.82) is 0 Å². The number of aryl methyl sites for hydroxylation is 1. The van der Waals surface area contributed by atoms with Gasteiger partial charge in [0.25, 0.3) is 0 Å². The molecular weight excluding hydrogens is 490 g/mol. The van der Waals surface area contributed by atoms with Gasteiger partial charge in [-0.3, -0.25) is 4.79 Å². The summed E-state index contributed by atoms with van der Waals surface area (Å²) in [5, 5.41) is 1.97. The van der Waals surface area contributed by atoms with Crippen molar-refractivity contribution < 1.29 is 14.3 Å². The Labute approximate surface area is 221 Å². The third-order valence-electron chi connectivity index (χ3n) is 6.80. The van der Waals surface area contributed by atoms with Crippen LogP contribution >= 0.6 is 23.4 Å². The number of nitrogens with zero attached hydrogens (tertiary/aromatic N) is 1. The molecule has 0 radical (unpaired) electrons. The van der Waals surface area contributed by atoms with Gasteiger partial charge >= 0.3 is 5.97 Å². The average Bonchev–Trinajstić information content (AvgIpc) is 3.43. The van der Waals surface area contributed by atoms with Gasteiger partial charge in [-0.1, -0.05) is 67.5 Å². The Morgan fingerprint density at radius 2 is 1.86 bits per heavy atom. The van der Waals surface area contributed by atoms with Crippen LogP contribution in [0.25, 0.3) is 10.9 Å². The maximum atomic E-state index is 12.3. The van der Waals surface area contributed by atoms with Crippen LogP contribution in [0.2, 0.25) is 5.02 Å². The number of halogens is 1. The lowest BCUT2D eigenvalue weighted by molar-refractivity contribution is -0.141. The molecule has 3 aromatic carbocycles. The van der Waals surface area contributed by atoms with E-state index in [0.717, 1.165) is 34.2 Å². The number of carbonyl (C=O) groups is 1. The fourth-order valence-electron chi connectivity index (χ4n) is 5.02. The number of benzene rings is 3. The van der Waals surface area contributed by atoms with Crippen molar-refractivity contribution in [3.63, 3.8) is 0 Å². The number of esters is 1. The lowest BCUT2D eigenvalue weighted by Gasteiger charge is -2.15. The molecule has 4 aromatic rings. The van der Waals surface area contributed by atoms with E-state index in [-0.39, 0.29) is 11.9 Å². The van der Waals surface area contributed by atoms with E-state index in [4.69, 9.17) is 21.1 Å². The maximum Gasteiger partial charge on any atom is 0.306 e. The molecule has 6 heteroatoms. The molecule has 4 nitrogen and oxygen atoms in total. The highest BCUT2D eigenvalue weighted by atomic mass is 35.5. The van der Waals surface area contributed by atoms with Crippen LogP contribution in [-0.4, -0.2) is 17.6 Å². The van der Waals surface area contributed by atoms with Crippen LogP contribution in [0.5, 0.6) is 5.75 Å². The maximum absolute atomic E-state index is 12.3. The zero-order valence-electron chi connectivity index (χ0n) is 20.8. The minimum absolute atomic E-state index is 0.119. The zero-order valence-corrected chi connectivity index (χ0v) is 22.4. The molecule has 0 saturated heterocycles. The van der Waals surface area contributed by atoms with Crippen molar-refractivity contribution in [1.82, 2.24) is 4.57 Å². The standard InChI is InChI=1S/C30H30ClNO3S/c1-19(2)25-16-23(35-18-20-7-5-4-6-8-20)17-26-28(25)30(36-24-11-9-22(31)10-12-24)29-21(13-14-32(26)29)15-27(33)34-3/h4-12,16-17,19,21H,13-15,18H2,1-3H3. The molecule has 5 rings (SSSR count). The summed E-state index contributed by atoms with van der Waals surface area (Å²) >= 11 is 7.91. The molecule has 1 aliphatic heterocycles. The Morgan fingerprint density at radius 1 is 1.11 bits per heavy atom. The van der Waals surface area contributed by atoms with E-state index < -0.39 is 0 Å². The van der Waals surface area contributed by atoms with Crippen LogP contribution in [-0.2, 0) is 22.7 Å². The van der Waals surface area contributed by atoms with Crippen LogP contribution in [0.1, 0.15) is 55.3 Å². The quantitative estimate of drug-likeness (QED) is 0.220. The molecule has 0 spiro atoms. The van der Waals surface area contributed by atoms with Gasteiger partial charge < -0.3 is 14.0 Å². The number of rotatable bonds is 8. The molecule has 0 bridgehead atoms. The van der Waals surface area contributed by atoms with Crippen molar-refractivity contribution in [2.45, 2.75) is 61.5 Å². The van der Waals surface area contributed by atoms with Crippen molar-refractivity contribution in [3.05, 3.63) is 88.6 Å². The zero-order chi connectivity index (χ0) is 25.2. The highest BCUT2D eigenvalue weighted by Gasteiger charge is 2.33. The fourth-order valence-corrected chi connectivity index (χ4v) is 6.36. The van der Waals surface area contributed by atoms with Gasteiger partial charge in [0.1, 0.15) is 12.4 Å². The van der Waals surface area contributed by atoms with Gasteiger partial charge in [-0.25, -0.2) is 0 Å². The Bertz CT molecular complexity index is 1380. The lowest BCUT2D eigenvalue weighted by Crippen LogP contribution is -2.07. The molecular formula is C30H30ClNO3S. The van der Waals surface area contributed by atoms with Crippen LogP contribution < -0.4 is 4.74 Å². The number of carbonyl (C=O) groups excluding carboxylic acids is 1. The summed E-state index contributed by atoms with van der Waals surface area (Å²) in [6.45, 7) is 5.84. The van der Waals surface area contributed by atoms with Crippen LogP contribution in [0, 0.1) is 0 Å². The number of hydrogen-bond acceptors (Lipinski definition) is 4. The minimum atomic E-state index is -0.169. The van der Waals surface area contributed by atoms with Gasteiger partial charge in [-0.05, 0) is 53.8 Å². The first kappa shape index (κ1) is 24.8. The van der Waals surface area contributed by atoms with Crippen LogP contribution in [0.4, 0.5) is 0 Å². The monoisotopic (exact) mass is 519 g/mol. The van der Waals surface area contributed by atoms with E-state index in [2.05, 4.69) is 54.8 Å². The molecule has 1 aromatic heterocycles. The first-order chi connectivity index (χ1) is 17.4. The highest BCUT2D eigenvalue weighted by molar-refractivity contribution is 7.99. The van der Waals surface area contributed by atoms with E-state index in [1.807, 2.05) is 30.3 Å². The summed E-state index contributed by atoms with van der Waals surface area (Å²) in [4.78, 5) is 14.6. The van der Waals surface area contributed by atoms with Gasteiger partial charge in [-0.2, -0.15) is 0 Å². The smallest absolute Gasteiger partial charge is 0.306 e. The second kappa shape index (κ2) is 10.6. The molecule has 36 heavy (non-hydrogen) atoms. The average molecular weight is 520 g/mol. The molecule has 1 unspecified atom stereocenters. The van der Waals surface area contributed by atoms with Crippen molar-refractivity contribution in [2.75, 3.05) is 7.11 Å². The summed E-state index contributed by atoms with van der Waals surface area (Å²) in [6, 6.07) is 22.5. The van der Waals surface area contributed by atoms with Crippen LogP contribution in [0.3, 0.4) is 0 Å². The number of fused-ring (bicyclic) bond motifs is 3. The Hall–Kier alpha value is -2.89. The van der Waals surface area contributed by atoms with E-state index in [1.165, 1.54) is 34.2 Å². The topological polar surface area (TPSA) is 40.5 Å². The lowest BCUT2D eigenvalue weighted by atomic mass is 9.96. The van der Waals surface area contributed by atoms with Gasteiger partial charge in [0.2, 0.25) is 0 Å². The normalized spacial score (nSPS) is 14.9. The Morgan fingerprint density at radius 3 is 2.56 bits per heavy atom. The molecule has 1 atom stereocenters. The molecule has 186 valence electrons. The van der Waals surface area contributed by atoms with Gasteiger partial charge in [0, 0.05) is 44.4 Å². The fraction of sp³-hybridized carbons (Fsp3) is 0.300. The number of aromatic nitrogens is 1. The van der Waals surface area contributed by atoms with E-state index in [0.29, 0.717) is 18.9 Å². The first-order valence-electron chi connectivity index (χ1n) is 12.3. The van der Waals surface area contributed by atoms with E-state index in [1.54, 1.807) is 11.8 Å². The Balaban J connectivity index is 1.63. The van der Waals surface area contributed by atoms with Crippen LogP contribution in [0.15, 0.2) is 76.5 Å². The molecule has 0 saturated carbocycles. The molecule has 0 N–H and O–H groups in total. The SMILES string of the molecule is COC(=O)CC1CCn2c1c(Sc1ccc(Cl)cc1)c1c(C(C)C)cc(OCc3ccccc3)cc12. The summed E-state index contributed by atoms with van der Waals surface area (Å²) in [5.74, 6) is 1.12. The molecule has 0 aliphatic carbocycles. The third-order valence-corrected chi connectivity index (χ3v) is 8.17. The first-order valence-corrected chi connectivity index (χ1v) is 13.5. The largest absolute Gasteiger partial charge is 0.489 e.